The Morgan fingerprint density at radius 3 is 2.45 bits per heavy atom. The molecule has 0 saturated carbocycles. The first-order chi connectivity index (χ1) is 15.2. The minimum Gasteiger partial charge on any atom is -0.497 e. The van der Waals surface area contributed by atoms with E-state index in [0.29, 0.717) is 18.0 Å². The molecule has 1 heterocycles. The molecule has 7 nitrogen and oxygen atoms in total. The summed E-state index contributed by atoms with van der Waals surface area (Å²) in [6.45, 7) is 5.67. The van der Waals surface area contributed by atoms with Gasteiger partial charge in [0, 0.05) is 18.3 Å². The highest BCUT2D eigenvalue weighted by Crippen LogP contribution is 2.30. The maximum Gasteiger partial charge on any atom is 0.195 e. The smallest absolute Gasteiger partial charge is 0.195 e. The topological polar surface area (TPSA) is 67.4 Å². The molecule has 2 aromatic rings. The molecule has 1 saturated heterocycles. The Morgan fingerprint density at radius 1 is 1.00 bits per heavy atom. The molecule has 0 radical (unpaired) electrons. The average molecular weight is 427 g/mol. The first kappa shape index (κ1) is 22.7. The van der Waals surface area contributed by atoms with Crippen molar-refractivity contribution >= 4 is 11.6 Å². The van der Waals surface area contributed by atoms with Crippen molar-refractivity contribution in [3.63, 3.8) is 0 Å². The van der Waals surface area contributed by atoms with Crippen LogP contribution in [0.3, 0.4) is 0 Å². The molecule has 31 heavy (non-hydrogen) atoms. The Labute approximate surface area is 185 Å². The van der Waals surface area contributed by atoms with Gasteiger partial charge in [0.05, 0.1) is 33.9 Å². The molecule has 0 spiro atoms. The molecule has 0 aliphatic carbocycles. The summed E-state index contributed by atoms with van der Waals surface area (Å²) in [6, 6.07) is 14.3. The van der Waals surface area contributed by atoms with Crippen LogP contribution in [0.15, 0.2) is 47.5 Å². The lowest BCUT2D eigenvalue weighted by Crippen LogP contribution is -2.33. The van der Waals surface area contributed by atoms with Crippen molar-refractivity contribution in [1.29, 1.82) is 0 Å². The minimum atomic E-state index is 0.207. The van der Waals surface area contributed by atoms with Crippen molar-refractivity contribution < 1.29 is 14.2 Å². The predicted octanol–water partition coefficient (Wildman–Crippen LogP) is 3.93. The van der Waals surface area contributed by atoms with Gasteiger partial charge in [-0.3, -0.25) is 9.89 Å². The van der Waals surface area contributed by atoms with Gasteiger partial charge in [-0.25, -0.2) is 0 Å². The first-order valence-corrected chi connectivity index (χ1v) is 10.8. The highest BCUT2D eigenvalue weighted by molar-refractivity contribution is 5.94. The van der Waals surface area contributed by atoms with Gasteiger partial charge in [-0.15, -0.1) is 0 Å². The minimum absolute atomic E-state index is 0.207. The fourth-order valence-electron chi connectivity index (χ4n) is 3.87. The van der Waals surface area contributed by atoms with Crippen molar-refractivity contribution in [1.82, 2.24) is 10.2 Å². The molecule has 2 aromatic carbocycles. The standard InChI is InChI=1S/C24H34N4O3/c1-5-25-24(27-19-11-12-22(30-3)23(16-19)31-4)26-17-21(28-13-6-7-14-28)18-9-8-10-20(15-18)29-2/h8-12,15-16,21H,5-7,13-14,17H2,1-4H3,(H2,25,26,27). The number of likely N-dealkylation sites (tertiary alicyclic amines) is 1. The number of hydrogen-bond donors (Lipinski definition) is 2. The molecule has 3 rings (SSSR count). The molecule has 0 amide bonds. The Morgan fingerprint density at radius 2 is 1.77 bits per heavy atom. The summed E-state index contributed by atoms with van der Waals surface area (Å²) in [6.07, 6.45) is 2.46. The largest absolute Gasteiger partial charge is 0.497 e. The summed E-state index contributed by atoms with van der Waals surface area (Å²) >= 11 is 0. The monoisotopic (exact) mass is 426 g/mol. The van der Waals surface area contributed by atoms with Crippen LogP contribution in [-0.2, 0) is 0 Å². The zero-order valence-corrected chi connectivity index (χ0v) is 19.0. The third-order valence-corrected chi connectivity index (χ3v) is 5.47. The molecule has 1 atom stereocenters. The summed E-state index contributed by atoms with van der Waals surface area (Å²) in [7, 11) is 4.97. The second-order valence-electron chi connectivity index (χ2n) is 7.45. The quantitative estimate of drug-likeness (QED) is 0.468. The first-order valence-electron chi connectivity index (χ1n) is 10.8. The lowest BCUT2D eigenvalue weighted by atomic mass is 10.1. The molecule has 1 aliphatic heterocycles. The third-order valence-electron chi connectivity index (χ3n) is 5.47. The number of methoxy groups -OCH3 is 3. The number of ether oxygens (including phenoxy) is 3. The van der Waals surface area contributed by atoms with Crippen LogP contribution in [0.25, 0.3) is 0 Å². The SMILES string of the molecule is CCNC(=NCC(c1cccc(OC)c1)N1CCCC1)Nc1ccc(OC)c(OC)c1. The van der Waals surface area contributed by atoms with E-state index in [1.165, 1.54) is 18.4 Å². The van der Waals surface area contributed by atoms with Crippen molar-refractivity contribution in [2.75, 3.05) is 52.8 Å². The van der Waals surface area contributed by atoms with Crippen molar-refractivity contribution in [3.8, 4) is 17.2 Å². The fraction of sp³-hybridized carbons (Fsp3) is 0.458. The number of hydrogen-bond acceptors (Lipinski definition) is 5. The zero-order chi connectivity index (χ0) is 22.1. The number of nitrogens with zero attached hydrogens (tertiary/aromatic N) is 2. The lowest BCUT2D eigenvalue weighted by Gasteiger charge is -2.27. The van der Waals surface area contributed by atoms with E-state index < -0.39 is 0 Å². The van der Waals surface area contributed by atoms with E-state index in [1.807, 2.05) is 30.3 Å². The Balaban J connectivity index is 1.81. The molecular formula is C24H34N4O3. The van der Waals surface area contributed by atoms with Gasteiger partial charge in [0.2, 0.25) is 0 Å². The Hall–Kier alpha value is -2.93. The number of anilines is 1. The third kappa shape index (κ3) is 6.04. The van der Waals surface area contributed by atoms with Crippen LogP contribution in [-0.4, -0.2) is 58.4 Å². The van der Waals surface area contributed by atoms with Crippen molar-refractivity contribution in [3.05, 3.63) is 48.0 Å². The van der Waals surface area contributed by atoms with E-state index in [1.54, 1.807) is 21.3 Å². The summed E-state index contributed by atoms with van der Waals surface area (Å²) in [4.78, 5) is 7.44. The van der Waals surface area contributed by atoms with Gasteiger partial charge >= 0.3 is 0 Å². The molecular weight excluding hydrogens is 392 g/mol. The summed E-state index contributed by atoms with van der Waals surface area (Å²) in [5.74, 6) is 2.99. The van der Waals surface area contributed by atoms with Crippen LogP contribution >= 0.6 is 0 Å². The van der Waals surface area contributed by atoms with Gasteiger partial charge in [0.15, 0.2) is 17.5 Å². The molecule has 1 aliphatic rings. The average Bonchev–Trinajstić information content (AvgIpc) is 3.34. The van der Waals surface area contributed by atoms with Gasteiger partial charge in [-0.2, -0.15) is 0 Å². The molecule has 0 bridgehead atoms. The molecule has 2 N–H and O–H groups in total. The van der Waals surface area contributed by atoms with Gasteiger partial charge in [-0.1, -0.05) is 12.1 Å². The predicted molar refractivity (Wildman–Crippen MR) is 126 cm³/mol. The summed E-state index contributed by atoms with van der Waals surface area (Å²) in [5, 5.41) is 6.73. The number of rotatable bonds is 9. The highest BCUT2D eigenvalue weighted by Gasteiger charge is 2.24. The lowest BCUT2D eigenvalue weighted by molar-refractivity contribution is 0.251. The van der Waals surface area contributed by atoms with Crippen molar-refractivity contribution in [2.45, 2.75) is 25.8 Å². The molecule has 1 unspecified atom stereocenters. The van der Waals surface area contributed by atoms with Crippen LogP contribution in [0.2, 0.25) is 0 Å². The van der Waals surface area contributed by atoms with Crippen LogP contribution in [0.4, 0.5) is 5.69 Å². The van der Waals surface area contributed by atoms with E-state index in [4.69, 9.17) is 19.2 Å². The van der Waals surface area contributed by atoms with Gasteiger partial charge < -0.3 is 24.8 Å². The Bertz CT molecular complexity index is 866. The number of guanidine groups is 1. The van der Waals surface area contributed by atoms with E-state index in [-0.39, 0.29) is 6.04 Å². The number of aliphatic imine (C=N–C) groups is 1. The van der Waals surface area contributed by atoms with Crippen LogP contribution in [0.1, 0.15) is 31.4 Å². The highest BCUT2D eigenvalue weighted by atomic mass is 16.5. The molecule has 0 aromatic heterocycles. The molecule has 168 valence electrons. The van der Waals surface area contributed by atoms with Gasteiger partial charge in [0.25, 0.3) is 0 Å². The Kier molecular flexibility index (Phi) is 8.41. The maximum absolute atomic E-state index is 5.45. The summed E-state index contributed by atoms with van der Waals surface area (Å²) in [5.41, 5.74) is 2.11. The second-order valence-corrected chi connectivity index (χ2v) is 7.45. The van der Waals surface area contributed by atoms with E-state index >= 15 is 0 Å². The number of nitrogens with one attached hydrogen (secondary N) is 2. The van der Waals surface area contributed by atoms with E-state index in [0.717, 1.165) is 37.0 Å². The summed E-state index contributed by atoms with van der Waals surface area (Å²) < 4.78 is 16.2. The maximum atomic E-state index is 5.45. The molecule has 7 heteroatoms. The fourth-order valence-corrected chi connectivity index (χ4v) is 3.87. The van der Waals surface area contributed by atoms with Crippen LogP contribution < -0.4 is 24.8 Å². The number of benzene rings is 2. The van der Waals surface area contributed by atoms with E-state index in [2.05, 4.69) is 34.6 Å². The van der Waals surface area contributed by atoms with Gasteiger partial charge in [0.1, 0.15) is 5.75 Å². The van der Waals surface area contributed by atoms with Gasteiger partial charge in [-0.05, 0) is 62.7 Å². The van der Waals surface area contributed by atoms with Crippen molar-refractivity contribution in [2.24, 2.45) is 4.99 Å². The molecule has 1 fully saturated rings. The zero-order valence-electron chi connectivity index (χ0n) is 19.0. The van der Waals surface area contributed by atoms with Crippen LogP contribution in [0.5, 0.6) is 17.2 Å². The normalized spacial score (nSPS) is 15.4. The van der Waals surface area contributed by atoms with E-state index in [9.17, 15) is 0 Å². The second kappa shape index (κ2) is 11.5. The van der Waals surface area contributed by atoms with Crippen LogP contribution in [0, 0.1) is 0 Å².